The molecule has 0 saturated heterocycles. The molecule has 1 saturated carbocycles. The minimum Gasteiger partial charge on any atom is -0.477 e. The highest BCUT2D eigenvalue weighted by molar-refractivity contribution is 7.99. The topological polar surface area (TPSA) is 44.1 Å². The summed E-state index contributed by atoms with van der Waals surface area (Å²) in [6, 6.07) is 9.88. The average Bonchev–Trinajstić information content (AvgIpc) is 3.48. The molecule has 0 N–H and O–H groups in total. The zero-order chi connectivity index (χ0) is 18.1. The smallest absolute Gasteiger partial charge is 0.258 e. The molecule has 5 heteroatoms. The summed E-state index contributed by atoms with van der Waals surface area (Å²) in [6.45, 7) is 2.84. The fourth-order valence-electron chi connectivity index (χ4n) is 3.10. The fraction of sp³-hybridized carbons (Fsp3) is 0.333. The Bertz CT molecular complexity index is 1010. The third-order valence-electron chi connectivity index (χ3n) is 4.67. The number of benzene rings is 1. The highest BCUT2D eigenvalue weighted by Gasteiger charge is 2.23. The van der Waals surface area contributed by atoms with Crippen LogP contribution in [-0.2, 0) is 7.05 Å². The van der Waals surface area contributed by atoms with Gasteiger partial charge in [0, 0.05) is 40.8 Å². The van der Waals surface area contributed by atoms with Gasteiger partial charge in [0.2, 0.25) is 5.88 Å². The highest BCUT2D eigenvalue weighted by atomic mass is 32.2. The maximum Gasteiger partial charge on any atom is 0.258 e. The molecule has 26 heavy (non-hydrogen) atoms. The molecular formula is C21H22N2O2S. The predicted octanol–water partition coefficient (Wildman–Crippen LogP) is 4.50. The van der Waals surface area contributed by atoms with E-state index in [1.54, 1.807) is 23.4 Å². The molecule has 0 bridgehead atoms. The fourth-order valence-corrected chi connectivity index (χ4v) is 3.76. The first-order chi connectivity index (χ1) is 12.7. The quantitative estimate of drug-likeness (QED) is 0.603. The first kappa shape index (κ1) is 17.2. The summed E-state index contributed by atoms with van der Waals surface area (Å²) < 4.78 is 7.70. The SMILES string of the molecule is CCSc1cnc(OCC2CC2)c(-c2cn(C)c(=O)c3ccccc23)c1. The maximum absolute atomic E-state index is 12.5. The van der Waals surface area contributed by atoms with Crippen molar-refractivity contribution in [2.24, 2.45) is 13.0 Å². The number of pyridine rings is 2. The highest BCUT2D eigenvalue weighted by Crippen LogP contribution is 2.37. The van der Waals surface area contributed by atoms with Crippen molar-refractivity contribution in [1.29, 1.82) is 0 Å². The van der Waals surface area contributed by atoms with Gasteiger partial charge in [-0.25, -0.2) is 4.98 Å². The molecule has 0 amide bonds. The summed E-state index contributed by atoms with van der Waals surface area (Å²) in [4.78, 5) is 18.2. The summed E-state index contributed by atoms with van der Waals surface area (Å²) in [5.74, 6) is 2.30. The molecule has 1 aromatic carbocycles. The van der Waals surface area contributed by atoms with Gasteiger partial charge in [0.15, 0.2) is 0 Å². The number of rotatable bonds is 6. The van der Waals surface area contributed by atoms with Gasteiger partial charge in [-0.1, -0.05) is 25.1 Å². The van der Waals surface area contributed by atoms with Crippen LogP contribution in [0.25, 0.3) is 21.9 Å². The first-order valence-corrected chi connectivity index (χ1v) is 10.0. The third kappa shape index (κ3) is 3.36. The molecule has 0 spiro atoms. The van der Waals surface area contributed by atoms with Crippen LogP contribution < -0.4 is 10.3 Å². The van der Waals surface area contributed by atoms with Crippen molar-refractivity contribution in [1.82, 2.24) is 9.55 Å². The van der Waals surface area contributed by atoms with E-state index in [1.165, 1.54) is 12.8 Å². The molecule has 0 unspecified atom stereocenters. The van der Waals surface area contributed by atoms with Crippen molar-refractivity contribution in [2.45, 2.75) is 24.7 Å². The van der Waals surface area contributed by atoms with Crippen LogP contribution >= 0.6 is 11.8 Å². The number of ether oxygens (including phenoxy) is 1. The van der Waals surface area contributed by atoms with Gasteiger partial charge < -0.3 is 9.30 Å². The lowest BCUT2D eigenvalue weighted by Crippen LogP contribution is -2.16. The summed E-state index contributed by atoms with van der Waals surface area (Å²) in [6.07, 6.45) is 6.25. The van der Waals surface area contributed by atoms with Crippen LogP contribution in [0.4, 0.5) is 0 Å². The Balaban J connectivity index is 1.89. The molecule has 1 aliphatic rings. The van der Waals surface area contributed by atoms with Crippen LogP contribution in [0.1, 0.15) is 19.8 Å². The lowest BCUT2D eigenvalue weighted by molar-refractivity contribution is 0.289. The van der Waals surface area contributed by atoms with Gasteiger partial charge in [0.1, 0.15) is 0 Å². The number of fused-ring (bicyclic) bond motifs is 1. The van der Waals surface area contributed by atoms with Crippen LogP contribution in [-0.4, -0.2) is 21.9 Å². The molecule has 134 valence electrons. The zero-order valence-corrected chi connectivity index (χ0v) is 15.9. The van der Waals surface area contributed by atoms with E-state index < -0.39 is 0 Å². The van der Waals surface area contributed by atoms with Crippen molar-refractivity contribution >= 4 is 22.5 Å². The molecule has 0 aliphatic heterocycles. The number of hydrogen-bond acceptors (Lipinski definition) is 4. The number of aromatic nitrogens is 2. The Kier molecular flexibility index (Phi) is 4.72. The van der Waals surface area contributed by atoms with Gasteiger partial charge >= 0.3 is 0 Å². The summed E-state index contributed by atoms with van der Waals surface area (Å²) >= 11 is 1.76. The van der Waals surface area contributed by atoms with E-state index in [4.69, 9.17) is 4.74 Å². The third-order valence-corrected chi connectivity index (χ3v) is 5.52. The van der Waals surface area contributed by atoms with Gasteiger partial charge in [-0.2, -0.15) is 0 Å². The number of hydrogen-bond donors (Lipinski definition) is 0. The van der Waals surface area contributed by atoms with E-state index in [-0.39, 0.29) is 5.56 Å². The number of aryl methyl sites for hydroxylation is 1. The number of nitrogens with zero attached hydrogens (tertiary/aromatic N) is 2. The minimum absolute atomic E-state index is 0.0110. The van der Waals surface area contributed by atoms with Gasteiger partial charge in [-0.15, -0.1) is 11.8 Å². The van der Waals surface area contributed by atoms with Crippen LogP contribution in [0.15, 0.2) is 52.4 Å². The van der Waals surface area contributed by atoms with Crippen LogP contribution in [0.5, 0.6) is 5.88 Å². The Morgan fingerprint density at radius 1 is 1.23 bits per heavy atom. The van der Waals surface area contributed by atoms with Gasteiger partial charge in [-0.3, -0.25) is 4.79 Å². The molecule has 0 radical (unpaired) electrons. The molecule has 1 aliphatic carbocycles. The Hall–Kier alpha value is -2.27. The monoisotopic (exact) mass is 366 g/mol. The molecule has 4 rings (SSSR count). The molecule has 4 nitrogen and oxygen atoms in total. The Morgan fingerprint density at radius 2 is 2.00 bits per heavy atom. The van der Waals surface area contributed by atoms with Gasteiger partial charge in [0.25, 0.3) is 5.56 Å². The van der Waals surface area contributed by atoms with Crippen molar-refractivity contribution in [3.63, 3.8) is 0 Å². The van der Waals surface area contributed by atoms with Crippen molar-refractivity contribution in [3.8, 4) is 17.0 Å². The average molecular weight is 366 g/mol. The van der Waals surface area contributed by atoms with Crippen LogP contribution in [0, 0.1) is 5.92 Å². The number of thioether (sulfide) groups is 1. The summed E-state index contributed by atoms with van der Waals surface area (Å²) in [5, 5.41) is 1.65. The lowest BCUT2D eigenvalue weighted by Gasteiger charge is -2.15. The Morgan fingerprint density at radius 3 is 2.73 bits per heavy atom. The van der Waals surface area contributed by atoms with E-state index in [2.05, 4.69) is 18.0 Å². The zero-order valence-electron chi connectivity index (χ0n) is 15.1. The van der Waals surface area contributed by atoms with E-state index in [1.807, 2.05) is 36.7 Å². The molecule has 2 heterocycles. The second kappa shape index (κ2) is 7.16. The largest absolute Gasteiger partial charge is 0.477 e. The van der Waals surface area contributed by atoms with Gasteiger partial charge in [0.05, 0.1) is 6.61 Å². The molecular weight excluding hydrogens is 344 g/mol. The van der Waals surface area contributed by atoms with Crippen LogP contribution in [0.2, 0.25) is 0 Å². The van der Waals surface area contributed by atoms with Crippen LogP contribution in [0.3, 0.4) is 0 Å². The predicted molar refractivity (Wildman–Crippen MR) is 107 cm³/mol. The standard InChI is InChI=1S/C21H22N2O2S/c1-3-26-15-10-18(20(22-11-15)25-13-14-8-9-14)19-12-23(2)21(24)17-7-5-4-6-16(17)19/h4-7,10-12,14H,3,8-9,13H2,1-2H3. The van der Waals surface area contributed by atoms with E-state index in [9.17, 15) is 4.79 Å². The second-order valence-electron chi connectivity index (χ2n) is 6.72. The van der Waals surface area contributed by atoms with Crippen molar-refractivity contribution in [3.05, 3.63) is 53.1 Å². The second-order valence-corrected chi connectivity index (χ2v) is 8.05. The van der Waals surface area contributed by atoms with Crippen molar-refractivity contribution in [2.75, 3.05) is 12.4 Å². The lowest BCUT2D eigenvalue weighted by atomic mass is 10.0. The summed E-state index contributed by atoms with van der Waals surface area (Å²) in [5.41, 5.74) is 1.95. The van der Waals surface area contributed by atoms with E-state index in [0.29, 0.717) is 23.8 Å². The van der Waals surface area contributed by atoms with Crippen molar-refractivity contribution < 1.29 is 4.74 Å². The Labute approximate surface area is 157 Å². The molecule has 2 aromatic heterocycles. The maximum atomic E-state index is 12.5. The molecule has 1 fully saturated rings. The summed E-state index contributed by atoms with van der Waals surface area (Å²) in [7, 11) is 1.79. The normalized spacial score (nSPS) is 13.9. The first-order valence-electron chi connectivity index (χ1n) is 9.01. The van der Waals surface area contributed by atoms with Gasteiger partial charge in [-0.05, 0) is 42.0 Å². The molecule has 0 atom stereocenters. The molecule has 3 aromatic rings. The minimum atomic E-state index is 0.0110. The van der Waals surface area contributed by atoms with E-state index >= 15 is 0 Å². The van der Waals surface area contributed by atoms with E-state index in [0.717, 1.165) is 27.2 Å².